The number of halogens is 1. The van der Waals surface area contributed by atoms with Gasteiger partial charge in [0.1, 0.15) is 17.7 Å². The standard InChI is InChI=1S/C11H13FN3O6PS/c12-5-2-15(10-9(5)11(17)14-4-13-10)8-1-6(16)7(21-8)3-20-22(18,19)23/h2,4,6-8,16H,1,3H2,(H,13,14,17)(H2,18,19,23)/t6-,7?,8?/m0/s1. The van der Waals surface area contributed by atoms with E-state index >= 15 is 0 Å². The van der Waals surface area contributed by atoms with Crippen LogP contribution in [0.15, 0.2) is 17.3 Å². The van der Waals surface area contributed by atoms with Gasteiger partial charge in [-0.15, -0.1) is 0 Å². The molecule has 0 bridgehead atoms. The van der Waals surface area contributed by atoms with Gasteiger partial charge < -0.3 is 24.3 Å². The number of thiol groups is 1. The lowest BCUT2D eigenvalue weighted by Gasteiger charge is -2.16. The molecule has 0 aliphatic carbocycles. The van der Waals surface area contributed by atoms with E-state index in [9.17, 15) is 18.9 Å². The first-order valence-corrected chi connectivity index (χ1v) is 9.26. The minimum absolute atomic E-state index is 0.0760. The summed E-state index contributed by atoms with van der Waals surface area (Å²) in [6, 6.07) is 0. The van der Waals surface area contributed by atoms with Crippen LogP contribution >= 0.6 is 19.0 Å². The minimum Gasteiger partial charge on any atom is -0.390 e. The van der Waals surface area contributed by atoms with Crippen LogP contribution in [-0.2, 0) is 13.8 Å². The molecule has 3 unspecified atom stereocenters. The highest BCUT2D eigenvalue weighted by molar-refractivity contribution is 8.44. The van der Waals surface area contributed by atoms with Crippen LogP contribution in [0.4, 0.5) is 4.39 Å². The number of hydrogen-bond donors (Lipinski definition) is 4. The normalized spacial score (nSPS) is 27.4. The van der Waals surface area contributed by atoms with E-state index in [-0.39, 0.29) is 24.1 Å². The fourth-order valence-electron chi connectivity index (χ4n) is 2.48. The summed E-state index contributed by atoms with van der Waals surface area (Å²) in [5.41, 5.74) is -0.548. The third-order valence-electron chi connectivity index (χ3n) is 3.49. The summed E-state index contributed by atoms with van der Waals surface area (Å²) >= 11 is 3.36. The van der Waals surface area contributed by atoms with E-state index in [0.717, 1.165) is 12.5 Å². The Kier molecular flexibility index (Phi) is 4.34. The van der Waals surface area contributed by atoms with Crippen LogP contribution in [0.3, 0.4) is 0 Å². The van der Waals surface area contributed by atoms with Crippen molar-refractivity contribution < 1.29 is 28.2 Å². The maximum atomic E-state index is 13.9. The number of nitrogens with zero attached hydrogens (tertiary/aromatic N) is 2. The molecule has 3 rings (SSSR count). The molecule has 23 heavy (non-hydrogen) atoms. The van der Waals surface area contributed by atoms with Crippen LogP contribution < -0.4 is 5.56 Å². The van der Waals surface area contributed by atoms with Crippen molar-refractivity contribution in [3.8, 4) is 0 Å². The molecule has 4 atom stereocenters. The van der Waals surface area contributed by atoms with Gasteiger partial charge in [0.25, 0.3) is 5.56 Å². The molecule has 1 aliphatic heterocycles. The molecule has 0 spiro atoms. The minimum atomic E-state index is -4.00. The predicted octanol–water partition coefficient (Wildman–Crippen LogP) is 0.559. The number of nitrogens with one attached hydrogen (secondary N) is 1. The highest BCUT2D eigenvalue weighted by Gasteiger charge is 2.37. The number of hydrogen-bond acceptors (Lipinski definition) is 6. The Hall–Kier alpha value is -1.23. The molecule has 0 amide bonds. The number of aromatic nitrogens is 3. The highest BCUT2D eigenvalue weighted by Crippen LogP contribution is 2.47. The quantitative estimate of drug-likeness (QED) is 0.461. The molecule has 1 aliphatic rings. The molecular weight excluding hydrogens is 352 g/mol. The van der Waals surface area contributed by atoms with Crippen molar-refractivity contribution in [2.75, 3.05) is 6.61 Å². The first-order valence-electron chi connectivity index (χ1n) is 6.53. The van der Waals surface area contributed by atoms with Crippen LogP contribution in [0.2, 0.25) is 0 Å². The Morgan fingerprint density at radius 1 is 1.65 bits per heavy atom. The van der Waals surface area contributed by atoms with Gasteiger partial charge in [0.15, 0.2) is 11.5 Å². The van der Waals surface area contributed by atoms with Gasteiger partial charge in [-0.3, -0.25) is 9.32 Å². The SMILES string of the molecule is O=c1[nH]cnc2c1c(F)cn2C1C[C@H](O)C(COP(=O)(O)S)O1. The van der Waals surface area contributed by atoms with Crippen LogP contribution in [0, 0.1) is 5.82 Å². The summed E-state index contributed by atoms with van der Waals surface area (Å²) in [4.78, 5) is 26.8. The van der Waals surface area contributed by atoms with Crippen molar-refractivity contribution in [3.63, 3.8) is 0 Å². The molecule has 1 fully saturated rings. The zero-order chi connectivity index (χ0) is 16.8. The first-order chi connectivity index (χ1) is 10.8. The van der Waals surface area contributed by atoms with Crippen LogP contribution in [-0.4, -0.2) is 43.3 Å². The summed E-state index contributed by atoms with van der Waals surface area (Å²) in [5.74, 6) is -0.762. The molecule has 2 aromatic heterocycles. The van der Waals surface area contributed by atoms with Crippen LogP contribution in [0.1, 0.15) is 12.6 Å². The number of H-pyrrole nitrogens is 1. The van der Waals surface area contributed by atoms with Gasteiger partial charge in [0.05, 0.1) is 19.0 Å². The molecule has 0 aromatic carbocycles. The second kappa shape index (κ2) is 6.00. The number of aromatic amines is 1. The van der Waals surface area contributed by atoms with E-state index in [4.69, 9.17) is 9.63 Å². The van der Waals surface area contributed by atoms with Crippen molar-refractivity contribution in [1.82, 2.24) is 14.5 Å². The molecule has 2 aromatic rings. The van der Waals surface area contributed by atoms with Gasteiger partial charge in [-0.1, -0.05) is 12.2 Å². The summed E-state index contributed by atoms with van der Waals surface area (Å²) < 4.78 is 36.3. The maximum absolute atomic E-state index is 13.9. The first kappa shape index (κ1) is 16.6. The largest absolute Gasteiger partial charge is 0.390 e. The van der Waals surface area contributed by atoms with E-state index in [1.807, 2.05) is 0 Å². The number of aliphatic hydroxyl groups is 1. The molecule has 0 saturated carbocycles. The third kappa shape index (κ3) is 3.35. The lowest BCUT2D eigenvalue weighted by Crippen LogP contribution is -2.25. The van der Waals surface area contributed by atoms with Crippen molar-refractivity contribution in [1.29, 1.82) is 0 Å². The van der Waals surface area contributed by atoms with Gasteiger partial charge in [0.2, 0.25) is 0 Å². The molecule has 3 N–H and O–H groups in total. The molecule has 3 heterocycles. The summed E-state index contributed by atoms with van der Waals surface area (Å²) in [5, 5.41) is 9.75. The summed E-state index contributed by atoms with van der Waals surface area (Å²) in [6.45, 7) is -4.36. The van der Waals surface area contributed by atoms with Crippen molar-refractivity contribution in [2.45, 2.75) is 24.9 Å². The number of rotatable bonds is 4. The third-order valence-corrected chi connectivity index (χ3v) is 4.32. The van der Waals surface area contributed by atoms with Crippen LogP contribution in [0.25, 0.3) is 11.0 Å². The zero-order valence-corrected chi connectivity index (χ0v) is 13.3. The topological polar surface area (TPSA) is 127 Å². The fourth-order valence-corrected chi connectivity index (χ4v) is 3.02. The summed E-state index contributed by atoms with van der Waals surface area (Å²) in [7, 11) is 0. The van der Waals surface area contributed by atoms with Gasteiger partial charge in [0, 0.05) is 12.6 Å². The molecule has 12 heteroatoms. The highest BCUT2D eigenvalue weighted by atomic mass is 32.7. The zero-order valence-electron chi connectivity index (χ0n) is 11.5. The number of aliphatic hydroxyl groups excluding tert-OH is 1. The van der Waals surface area contributed by atoms with E-state index < -0.39 is 36.6 Å². The second-order valence-corrected chi connectivity index (χ2v) is 7.79. The molecule has 9 nitrogen and oxygen atoms in total. The van der Waals surface area contributed by atoms with E-state index in [2.05, 4.69) is 26.7 Å². The Morgan fingerprint density at radius 2 is 2.39 bits per heavy atom. The second-order valence-electron chi connectivity index (χ2n) is 5.03. The predicted molar refractivity (Wildman–Crippen MR) is 79.6 cm³/mol. The van der Waals surface area contributed by atoms with E-state index in [1.165, 1.54) is 4.57 Å². The number of ether oxygens (including phenoxy) is 1. The smallest absolute Gasteiger partial charge is 0.383 e. The van der Waals surface area contributed by atoms with Gasteiger partial charge >= 0.3 is 6.80 Å². The van der Waals surface area contributed by atoms with Gasteiger partial charge in [-0.25, -0.2) is 13.9 Å². The summed E-state index contributed by atoms with van der Waals surface area (Å²) in [6.07, 6.45) is -0.414. The average molecular weight is 365 g/mol. The molecule has 126 valence electrons. The van der Waals surface area contributed by atoms with E-state index in [1.54, 1.807) is 0 Å². The molecule has 0 radical (unpaired) electrons. The lowest BCUT2D eigenvalue weighted by molar-refractivity contribution is -0.0387. The van der Waals surface area contributed by atoms with Crippen LogP contribution in [0.5, 0.6) is 0 Å². The fraction of sp³-hybridized carbons (Fsp3) is 0.455. The Bertz CT molecular complexity index is 835. The Morgan fingerprint density at radius 3 is 3.09 bits per heavy atom. The Balaban J connectivity index is 1.85. The monoisotopic (exact) mass is 365 g/mol. The van der Waals surface area contributed by atoms with Crippen molar-refractivity contribution >= 4 is 30.1 Å². The molecule has 1 saturated heterocycles. The van der Waals surface area contributed by atoms with Gasteiger partial charge in [-0.05, 0) is 0 Å². The van der Waals surface area contributed by atoms with Crippen molar-refractivity contribution in [2.24, 2.45) is 0 Å². The Labute approximate surface area is 133 Å². The lowest BCUT2D eigenvalue weighted by atomic mass is 10.2. The maximum Gasteiger partial charge on any atom is 0.383 e. The van der Waals surface area contributed by atoms with Crippen molar-refractivity contribution in [3.05, 3.63) is 28.7 Å². The number of fused-ring (bicyclic) bond motifs is 1. The average Bonchev–Trinajstić information content (AvgIpc) is 2.98. The van der Waals surface area contributed by atoms with E-state index in [0.29, 0.717) is 0 Å². The van der Waals surface area contributed by atoms with Gasteiger partial charge in [-0.2, -0.15) is 0 Å². The molecular formula is C11H13FN3O6PS.